The summed E-state index contributed by atoms with van der Waals surface area (Å²) < 4.78 is 0. The Morgan fingerprint density at radius 1 is 1.29 bits per heavy atom. The van der Waals surface area contributed by atoms with E-state index in [1.54, 1.807) is 0 Å². The molecule has 0 unspecified atom stereocenters. The van der Waals surface area contributed by atoms with E-state index in [1.165, 1.54) is 5.56 Å². The second-order valence-corrected chi connectivity index (χ2v) is 4.72. The maximum absolute atomic E-state index is 6.18. The van der Waals surface area contributed by atoms with E-state index in [0.717, 1.165) is 47.4 Å². The number of nitrogens with zero attached hydrogens (tertiary/aromatic N) is 1. The number of hydrogen-bond acceptors (Lipinski definition) is 2. The number of para-hydroxylation sites is 1. The van der Waals surface area contributed by atoms with Crippen LogP contribution in [0.3, 0.4) is 0 Å². The summed E-state index contributed by atoms with van der Waals surface area (Å²) in [6, 6.07) is 8.07. The van der Waals surface area contributed by atoms with Crippen molar-refractivity contribution in [3.63, 3.8) is 0 Å². The van der Waals surface area contributed by atoms with Crippen LogP contribution in [0, 0.1) is 6.92 Å². The van der Waals surface area contributed by atoms with Gasteiger partial charge in [-0.3, -0.25) is 4.98 Å². The van der Waals surface area contributed by atoms with E-state index in [-0.39, 0.29) is 0 Å². The normalized spacial score (nSPS) is 11.0. The fraction of sp³-hybridized carbons (Fsp3) is 0.357. The lowest BCUT2D eigenvalue weighted by Crippen LogP contribution is -2.00. The molecule has 2 N–H and O–H groups in total. The second-order valence-electron chi connectivity index (χ2n) is 4.31. The number of aromatic nitrogens is 1. The number of hydrogen-bond donors (Lipinski definition) is 1. The van der Waals surface area contributed by atoms with Crippen molar-refractivity contribution < 1.29 is 0 Å². The van der Waals surface area contributed by atoms with Crippen LogP contribution in [-0.4, -0.2) is 11.5 Å². The molecule has 0 atom stereocenters. The summed E-state index contributed by atoms with van der Waals surface area (Å²) in [6.45, 7) is 2.85. The molecule has 0 aliphatic heterocycles. The Kier molecular flexibility index (Phi) is 3.97. The number of rotatable bonds is 4. The molecule has 17 heavy (non-hydrogen) atoms. The highest BCUT2D eigenvalue weighted by atomic mass is 35.5. The smallest absolute Gasteiger partial charge is 0.0894 e. The number of benzene rings is 1. The summed E-state index contributed by atoms with van der Waals surface area (Å²) in [7, 11) is 0. The Labute approximate surface area is 107 Å². The maximum atomic E-state index is 6.18. The van der Waals surface area contributed by atoms with E-state index in [1.807, 2.05) is 12.1 Å². The van der Waals surface area contributed by atoms with Crippen molar-refractivity contribution in [2.45, 2.75) is 26.2 Å². The Balaban J connectivity index is 2.36. The number of unbranched alkanes of at least 4 members (excludes halogenated alkanes) is 1. The standard InChI is InChI=1S/C14H17ClN2/c1-10-9-11(5-2-3-8-16)17-14-12(10)6-4-7-13(14)15/h4,6-7,9H,2-3,5,8,16H2,1H3. The van der Waals surface area contributed by atoms with Gasteiger partial charge in [0.15, 0.2) is 0 Å². The molecule has 2 rings (SSSR count). The van der Waals surface area contributed by atoms with Gasteiger partial charge in [-0.1, -0.05) is 23.7 Å². The zero-order chi connectivity index (χ0) is 12.3. The first-order valence-electron chi connectivity index (χ1n) is 5.97. The molecule has 0 bridgehead atoms. The van der Waals surface area contributed by atoms with Crippen LogP contribution in [-0.2, 0) is 6.42 Å². The first kappa shape index (κ1) is 12.3. The van der Waals surface area contributed by atoms with Crippen molar-refractivity contribution in [2.75, 3.05) is 6.54 Å². The third-order valence-corrected chi connectivity index (χ3v) is 3.24. The second kappa shape index (κ2) is 5.48. The zero-order valence-electron chi connectivity index (χ0n) is 10.0. The minimum Gasteiger partial charge on any atom is -0.330 e. The van der Waals surface area contributed by atoms with Crippen LogP contribution < -0.4 is 5.73 Å². The van der Waals surface area contributed by atoms with Gasteiger partial charge in [0.05, 0.1) is 10.5 Å². The van der Waals surface area contributed by atoms with E-state index < -0.39 is 0 Å². The maximum Gasteiger partial charge on any atom is 0.0894 e. The molecule has 2 aromatic rings. The minimum atomic E-state index is 0.728. The molecule has 0 radical (unpaired) electrons. The van der Waals surface area contributed by atoms with Crippen LogP contribution in [0.1, 0.15) is 24.1 Å². The third-order valence-electron chi connectivity index (χ3n) is 2.94. The van der Waals surface area contributed by atoms with Gasteiger partial charge in [-0.15, -0.1) is 0 Å². The molecular weight excluding hydrogens is 232 g/mol. The molecule has 0 fully saturated rings. The fourth-order valence-corrected chi connectivity index (χ4v) is 2.25. The average molecular weight is 249 g/mol. The van der Waals surface area contributed by atoms with Crippen LogP contribution >= 0.6 is 11.6 Å². The van der Waals surface area contributed by atoms with Crippen LogP contribution in [0.15, 0.2) is 24.3 Å². The summed E-state index contributed by atoms with van der Waals surface area (Å²) in [5.41, 5.74) is 8.75. The van der Waals surface area contributed by atoms with Gasteiger partial charge >= 0.3 is 0 Å². The Bertz CT molecular complexity index is 523. The van der Waals surface area contributed by atoms with Crippen molar-refractivity contribution in [3.8, 4) is 0 Å². The largest absolute Gasteiger partial charge is 0.330 e. The molecule has 0 aliphatic rings. The zero-order valence-corrected chi connectivity index (χ0v) is 10.8. The number of pyridine rings is 1. The highest BCUT2D eigenvalue weighted by Crippen LogP contribution is 2.25. The van der Waals surface area contributed by atoms with Crippen LogP contribution in [0.4, 0.5) is 0 Å². The number of fused-ring (bicyclic) bond motifs is 1. The monoisotopic (exact) mass is 248 g/mol. The van der Waals surface area contributed by atoms with Gasteiger partial charge in [-0.05, 0) is 50.4 Å². The van der Waals surface area contributed by atoms with Gasteiger partial charge in [0.2, 0.25) is 0 Å². The van der Waals surface area contributed by atoms with E-state index in [2.05, 4.69) is 24.0 Å². The Morgan fingerprint density at radius 2 is 2.12 bits per heavy atom. The lowest BCUT2D eigenvalue weighted by molar-refractivity contribution is 0.734. The molecule has 0 saturated heterocycles. The van der Waals surface area contributed by atoms with E-state index >= 15 is 0 Å². The lowest BCUT2D eigenvalue weighted by atomic mass is 10.1. The molecule has 0 saturated carbocycles. The van der Waals surface area contributed by atoms with Crippen LogP contribution in [0.25, 0.3) is 10.9 Å². The molecule has 2 nitrogen and oxygen atoms in total. The number of halogens is 1. The molecule has 0 aliphatic carbocycles. The van der Waals surface area contributed by atoms with Crippen molar-refractivity contribution in [2.24, 2.45) is 5.73 Å². The summed E-state index contributed by atoms with van der Waals surface area (Å²) in [6.07, 6.45) is 3.10. The summed E-state index contributed by atoms with van der Waals surface area (Å²) in [4.78, 5) is 4.63. The van der Waals surface area contributed by atoms with Crippen molar-refractivity contribution in [3.05, 3.63) is 40.5 Å². The van der Waals surface area contributed by atoms with Gasteiger partial charge in [0.1, 0.15) is 0 Å². The van der Waals surface area contributed by atoms with E-state index in [4.69, 9.17) is 17.3 Å². The highest BCUT2D eigenvalue weighted by Gasteiger charge is 2.05. The quantitative estimate of drug-likeness (QED) is 0.842. The molecule has 1 heterocycles. The van der Waals surface area contributed by atoms with Gasteiger partial charge < -0.3 is 5.73 Å². The van der Waals surface area contributed by atoms with Gasteiger partial charge in [0, 0.05) is 11.1 Å². The highest BCUT2D eigenvalue weighted by molar-refractivity contribution is 6.35. The molecule has 1 aromatic heterocycles. The third kappa shape index (κ3) is 2.76. The number of nitrogens with two attached hydrogens (primary N) is 1. The van der Waals surface area contributed by atoms with Gasteiger partial charge in [-0.2, -0.15) is 0 Å². The predicted octanol–water partition coefficient (Wildman–Crippen LogP) is 3.48. The predicted molar refractivity (Wildman–Crippen MR) is 73.5 cm³/mol. The lowest BCUT2D eigenvalue weighted by Gasteiger charge is -2.07. The molecule has 0 amide bonds. The first-order chi connectivity index (χ1) is 8.22. The molecule has 0 spiro atoms. The van der Waals surface area contributed by atoms with Gasteiger partial charge in [0.25, 0.3) is 0 Å². The minimum absolute atomic E-state index is 0.728. The molecule has 3 heteroatoms. The summed E-state index contributed by atoms with van der Waals surface area (Å²) in [5, 5.41) is 1.87. The van der Waals surface area contributed by atoms with Crippen molar-refractivity contribution >= 4 is 22.5 Å². The number of aryl methyl sites for hydroxylation is 2. The fourth-order valence-electron chi connectivity index (χ4n) is 2.03. The summed E-state index contributed by atoms with van der Waals surface area (Å²) in [5.74, 6) is 0. The summed E-state index contributed by atoms with van der Waals surface area (Å²) >= 11 is 6.18. The SMILES string of the molecule is Cc1cc(CCCCN)nc2c(Cl)cccc12. The van der Waals surface area contributed by atoms with Crippen LogP contribution in [0.2, 0.25) is 5.02 Å². The van der Waals surface area contributed by atoms with Crippen molar-refractivity contribution in [1.29, 1.82) is 0 Å². The molecule has 90 valence electrons. The van der Waals surface area contributed by atoms with Crippen molar-refractivity contribution in [1.82, 2.24) is 4.98 Å². The first-order valence-corrected chi connectivity index (χ1v) is 6.35. The molecule has 1 aromatic carbocycles. The van der Waals surface area contributed by atoms with Gasteiger partial charge in [-0.25, -0.2) is 0 Å². The van der Waals surface area contributed by atoms with Crippen LogP contribution in [0.5, 0.6) is 0 Å². The average Bonchev–Trinajstić information content (AvgIpc) is 2.31. The topological polar surface area (TPSA) is 38.9 Å². The Hall–Kier alpha value is -1.12. The Morgan fingerprint density at radius 3 is 2.88 bits per heavy atom. The van der Waals surface area contributed by atoms with E-state index in [0.29, 0.717) is 0 Å². The van der Waals surface area contributed by atoms with E-state index in [9.17, 15) is 0 Å². The molecular formula is C14H17ClN2.